The Kier molecular flexibility index (Phi) is 2.81. The van der Waals surface area contributed by atoms with Crippen LogP contribution in [0.3, 0.4) is 0 Å². The lowest BCUT2D eigenvalue weighted by molar-refractivity contribution is -0.131. The zero-order chi connectivity index (χ0) is 10.7. The van der Waals surface area contributed by atoms with Crippen LogP contribution in [0.5, 0.6) is 5.88 Å². The third-order valence-corrected chi connectivity index (χ3v) is 1.60. The maximum atomic E-state index is 11.1. The summed E-state index contributed by atoms with van der Waals surface area (Å²) in [6.07, 6.45) is 0. The van der Waals surface area contributed by atoms with Crippen molar-refractivity contribution in [3.8, 4) is 5.88 Å². The number of carboxylic acids is 1. The van der Waals surface area contributed by atoms with Gasteiger partial charge >= 0.3 is 5.97 Å². The molecule has 0 bridgehead atoms. The van der Waals surface area contributed by atoms with Crippen LogP contribution in [0.4, 0.5) is 0 Å². The van der Waals surface area contributed by atoms with E-state index in [-0.39, 0.29) is 11.4 Å². The minimum Gasteiger partial charge on any atom is -0.481 e. The van der Waals surface area contributed by atoms with E-state index in [2.05, 4.69) is 4.98 Å². The number of aromatic nitrogens is 1. The lowest BCUT2D eigenvalue weighted by atomic mass is 10.1. The Morgan fingerprint density at radius 1 is 1.43 bits per heavy atom. The van der Waals surface area contributed by atoms with Crippen molar-refractivity contribution in [1.82, 2.24) is 4.98 Å². The molecule has 1 aromatic rings. The lowest BCUT2D eigenvalue weighted by Crippen LogP contribution is -2.13. The van der Waals surface area contributed by atoms with Crippen LogP contribution >= 0.6 is 0 Å². The summed E-state index contributed by atoms with van der Waals surface area (Å²) < 4.78 is 4.81. The number of aryl methyl sites for hydroxylation is 1. The normalized spacial score (nSPS) is 9.57. The standard InChI is InChI=1S/C9H9NO4/c1-5-3-6(8(11)9(12)13)4-7(10-5)14-2/h3-4H,1-2H3,(H,12,13). The average Bonchev–Trinajstić information content (AvgIpc) is 2.15. The molecule has 0 saturated heterocycles. The first-order chi connectivity index (χ1) is 6.54. The number of carboxylic acid groups (broad SMARTS) is 1. The summed E-state index contributed by atoms with van der Waals surface area (Å²) in [5, 5.41) is 8.48. The number of Topliss-reactive ketones (excluding diaryl/α,β-unsaturated/α-hetero) is 1. The third kappa shape index (κ3) is 2.07. The van der Waals surface area contributed by atoms with Crippen molar-refractivity contribution in [3.05, 3.63) is 23.4 Å². The molecule has 0 fully saturated rings. The van der Waals surface area contributed by atoms with E-state index < -0.39 is 11.8 Å². The molecule has 1 N–H and O–H groups in total. The molecule has 0 radical (unpaired) electrons. The predicted octanol–water partition coefficient (Wildman–Crippen LogP) is 0.666. The number of rotatable bonds is 3. The summed E-state index contributed by atoms with van der Waals surface area (Å²) >= 11 is 0. The Balaban J connectivity index is 3.15. The Morgan fingerprint density at radius 2 is 2.07 bits per heavy atom. The van der Waals surface area contributed by atoms with Crippen molar-refractivity contribution < 1.29 is 19.4 Å². The van der Waals surface area contributed by atoms with E-state index in [0.717, 1.165) is 0 Å². The SMILES string of the molecule is COc1cc(C(=O)C(=O)O)cc(C)n1. The van der Waals surface area contributed by atoms with Crippen LogP contribution in [-0.4, -0.2) is 29.0 Å². The molecule has 14 heavy (non-hydrogen) atoms. The fraction of sp³-hybridized carbons (Fsp3) is 0.222. The average molecular weight is 195 g/mol. The van der Waals surface area contributed by atoms with Crippen LogP contribution in [-0.2, 0) is 4.79 Å². The maximum Gasteiger partial charge on any atom is 0.377 e. The maximum absolute atomic E-state index is 11.1. The molecule has 0 unspecified atom stereocenters. The summed E-state index contributed by atoms with van der Waals surface area (Å²) in [4.78, 5) is 25.4. The number of aliphatic carboxylic acids is 1. The van der Waals surface area contributed by atoms with Gasteiger partial charge in [-0.05, 0) is 13.0 Å². The molecular formula is C9H9NO4. The minimum atomic E-state index is -1.49. The van der Waals surface area contributed by atoms with E-state index in [4.69, 9.17) is 9.84 Å². The van der Waals surface area contributed by atoms with Crippen molar-refractivity contribution in [1.29, 1.82) is 0 Å². The largest absolute Gasteiger partial charge is 0.481 e. The van der Waals surface area contributed by atoms with Gasteiger partial charge in [0, 0.05) is 17.3 Å². The Morgan fingerprint density at radius 3 is 2.57 bits per heavy atom. The Bertz CT molecular complexity index is 386. The molecular weight excluding hydrogens is 186 g/mol. The molecule has 5 nitrogen and oxygen atoms in total. The van der Waals surface area contributed by atoms with Gasteiger partial charge in [-0.25, -0.2) is 9.78 Å². The molecule has 1 heterocycles. The molecule has 0 aliphatic rings. The second-order valence-corrected chi connectivity index (χ2v) is 2.67. The topological polar surface area (TPSA) is 76.5 Å². The monoisotopic (exact) mass is 195 g/mol. The predicted molar refractivity (Wildman–Crippen MR) is 47.5 cm³/mol. The van der Waals surface area contributed by atoms with Crippen molar-refractivity contribution in [3.63, 3.8) is 0 Å². The quantitative estimate of drug-likeness (QED) is 0.566. The van der Waals surface area contributed by atoms with E-state index in [9.17, 15) is 9.59 Å². The summed E-state index contributed by atoms with van der Waals surface area (Å²) in [6, 6.07) is 2.70. The molecule has 1 rings (SSSR count). The van der Waals surface area contributed by atoms with Gasteiger partial charge in [0.15, 0.2) is 0 Å². The number of nitrogens with zero attached hydrogens (tertiary/aromatic N) is 1. The third-order valence-electron chi connectivity index (χ3n) is 1.60. The lowest BCUT2D eigenvalue weighted by Gasteiger charge is -2.02. The van der Waals surface area contributed by atoms with Crippen LogP contribution in [0.2, 0.25) is 0 Å². The zero-order valence-electron chi connectivity index (χ0n) is 7.77. The van der Waals surface area contributed by atoms with Crippen LogP contribution < -0.4 is 4.74 Å². The van der Waals surface area contributed by atoms with Gasteiger partial charge in [-0.1, -0.05) is 0 Å². The van der Waals surface area contributed by atoms with Gasteiger partial charge in [-0.2, -0.15) is 0 Å². The van der Waals surface area contributed by atoms with E-state index in [0.29, 0.717) is 5.69 Å². The summed E-state index contributed by atoms with van der Waals surface area (Å²) in [5.74, 6) is -2.22. The van der Waals surface area contributed by atoms with Gasteiger partial charge in [0.2, 0.25) is 5.88 Å². The van der Waals surface area contributed by atoms with Crippen LogP contribution in [0.25, 0.3) is 0 Å². The molecule has 1 aromatic heterocycles. The van der Waals surface area contributed by atoms with Gasteiger partial charge in [-0.3, -0.25) is 4.79 Å². The number of hydrogen-bond acceptors (Lipinski definition) is 4. The van der Waals surface area contributed by atoms with Gasteiger partial charge in [0.1, 0.15) is 0 Å². The molecule has 0 aromatic carbocycles. The molecule has 0 saturated carbocycles. The van der Waals surface area contributed by atoms with Gasteiger partial charge in [-0.15, -0.1) is 0 Å². The summed E-state index contributed by atoms with van der Waals surface area (Å²) in [6.45, 7) is 1.65. The molecule has 0 amide bonds. The van der Waals surface area contributed by atoms with Gasteiger partial charge in [0.25, 0.3) is 5.78 Å². The van der Waals surface area contributed by atoms with Crippen LogP contribution in [0.15, 0.2) is 12.1 Å². The highest BCUT2D eigenvalue weighted by molar-refractivity contribution is 6.39. The Labute approximate surface area is 80.3 Å². The first-order valence-electron chi connectivity index (χ1n) is 3.85. The number of ketones is 1. The second-order valence-electron chi connectivity index (χ2n) is 2.67. The van der Waals surface area contributed by atoms with Gasteiger partial charge in [0.05, 0.1) is 7.11 Å². The van der Waals surface area contributed by atoms with Crippen LogP contribution in [0.1, 0.15) is 16.1 Å². The van der Waals surface area contributed by atoms with Crippen molar-refractivity contribution in [2.75, 3.05) is 7.11 Å². The first kappa shape index (κ1) is 10.2. The van der Waals surface area contributed by atoms with Crippen molar-refractivity contribution in [2.24, 2.45) is 0 Å². The Hall–Kier alpha value is -1.91. The molecule has 0 aliphatic carbocycles. The highest BCUT2D eigenvalue weighted by Crippen LogP contribution is 2.12. The molecule has 0 atom stereocenters. The highest BCUT2D eigenvalue weighted by atomic mass is 16.5. The number of pyridine rings is 1. The highest BCUT2D eigenvalue weighted by Gasteiger charge is 2.15. The number of hydrogen-bond donors (Lipinski definition) is 1. The van der Waals surface area contributed by atoms with Gasteiger partial charge < -0.3 is 9.84 Å². The number of methoxy groups -OCH3 is 1. The second kappa shape index (κ2) is 3.87. The van der Waals surface area contributed by atoms with Crippen molar-refractivity contribution in [2.45, 2.75) is 6.92 Å². The molecule has 5 heteroatoms. The van der Waals surface area contributed by atoms with Crippen molar-refractivity contribution >= 4 is 11.8 Å². The van der Waals surface area contributed by atoms with E-state index >= 15 is 0 Å². The zero-order valence-corrected chi connectivity index (χ0v) is 7.77. The van der Waals surface area contributed by atoms with E-state index in [1.165, 1.54) is 19.2 Å². The molecule has 0 aliphatic heterocycles. The summed E-state index contributed by atoms with van der Waals surface area (Å²) in [5.41, 5.74) is 0.607. The van der Waals surface area contributed by atoms with E-state index in [1.807, 2.05) is 0 Å². The fourth-order valence-corrected chi connectivity index (χ4v) is 0.997. The molecule has 74 valence electrons. The smallest absolute Gasteiger partial charge is 0.377 e. The number of carbonyl (C=O) groups is 2. The number of ether oxygens (including phenoxy) is 1. The minimum absolute atomic E-state index is 0.0712. The molecule has 0 spiro atoms. The fourth-order valence-electron chi connectivity index (χ4n) is 0.997. The number of carbonyl (C=O) groups excluding carboxylic acids is 1. The van der Waals surface area contributed by atoms with Crippen LogP contribution in [0, 0.1) is 6.92 Å². The summed E-state index contributed by atoms with van der Waals surface area (Å²) in [7, 11) is 1.40. The first-order valence-corrected chi connectivity index (χ1v) is 3.85. The van der Waals surface area contributed by atoms with E-state index in [1.54, 1.807) is 6.92 Å².